The molecule has 148 valence electrons. The van der Waals surface area contributed by atoms with Gasteiger partial charge in [0.25, 0.3) is 5.91 Å². The summed E-state index contributed by atoms with van der Waals surface area (Å²) in [5.74, 6) is -0.0175. The van der Waals surface area contributed by atoms with Crippen molar-refractivity contribution in [1.82, 2.24) is 10.6 Å². The van der Waals surface area contributed by atoms with Crippen molar-refractivity contribution in [3.8, 4) is 0 Å². The number of hydrogen-bond acceptors (Lipinski definition) is 5. The Bertz CT molecular complexity index is 740. The Labute approximate surface area is 158 Å². The first-order chi connectivity index (χ1) is 13.0. The number of amides is 2. The van der Waals surface area contributed by atoms with E-state index in [1.807, 2.05) is 6.92 Å². The molecule has 2 aliphatic rings. The maximum Gasteiger partial charge on any atom is 0.287 e. The van der Waals surface area contributed by atoms with Crippen LogP contribution in [0, 0.1) is 12.8 Å². The van der Waals surface area contributed by atoms with Gasteiger partial charge in [0.15, 0.2) is 11.2 Å². The first kappa shape index (κ1) is 19.6. The Morgan fingerprint density at radius 3 is 2.63 bits per heavy atom. The zero-order valence-corrected chi connectivity index (χ0v) is 16.0. The van der Waals surface area contributed by atoms with Gasteiger partial charge in [-0.15, -0.1) is 0 Å². The Morgan fingerprint density at radius 2 is 1.96 bits per heavy atom. The SMILES string of the molecule is CCCO[C@H]1C[C@@H](C(=O)NC2CC2)CC[C@@H]1NC(=O)c1cc(=O)cc(C)o1. The largest absolute Gasteiger partial charge is 0.456 e. The minimum Gasteiger partial charge on any atom is -0.456 e. The van der Waals surface area contributed by atoms with Crippen molar-refractivity contribution in [2.75, 3.05) is 6.61 Å². The molecule has 2 aliphatic carbocycles. The van der Waals surface area contributed by atoms with E-state index in [1.165, 1.54) is 12.1 Å². The Morgan fingerprint density at radius 1 is 1.19 bits per heavy atom. The molecule has 1 aromatic rings. The lowest BCUT2D eigenvalue weighted by atomic mass is 9.83. The number of hydrogen-bond donors (Lipinski definition) is 2. The third-order valence-corrected chi connectivity index (χ3v) is 5.05. The molecule has 0 radical (unpaired) electrons. The van der Waals surface area contributed by atoms with Crippen molar-refractivity contribution in [3.05, 3.63) is 33.9 Å². The molecular formula is C20H28N2O5. The van der Waals surface area contributed by atoms with E-state index in [-0.39, 0.29) is 35.2 Å². The number of carbonyl (C=O) groups is 2. The van der Waals surface area contributed by atoms with E-state index in [0.717, 1.165) is 19.3 Å². The zero-order valence-electron chi connectivity index (χ0n) is 16.0. The summed E-state index contributed by atoms with van der Waals surface area (Å²) in [7, 11) is 0. The smallest absolute Gasteiger partial charge is 0.287 e. The molecule has 7 nitrogen and oxygen atoms in total. The lowest BCUT2D eigenvalue weighted by molar-refractivity contribution is -0.128. The number of aryl methyl sites for hydroxylation is 1. The summed E-state index contributed by atoms with van der Waals surface area (Å²) in [6, 6.07) is 2.67. The second-order valence-corrected chi connectivity index (χ2v) is 7.55. The van der Waals surface area contributed by atoms with Gasteiger partial charge in [-0.25, -0.2) is 0 Å². The predicted molar refractivity (Wildman–Crippen MR) is 99.5 cm³/mol. The van der Waals surface area contributed by atoms with Crippen LogP contribution in [0.3, 0.4) is 0 Å². The molecule has 0 aromatic carbocycles. The van der Waals surface area contributed by atoms with Crippen LogP contribution < -0.4 is 16.1 Å². The van der Waals surface area contributed by atoms with E-state index in [1.54, 1.807) is 6.92 Å². The van der Waals surface area contributed by atoms with E-state index >= 15 is 0 Å². The minimum atomic E-state index is -0.424. The second kappa shape index (κ2) is 8.69. The van der Waals surface area contributed by atoms with Gasteiger partial charge in [0, 0.05) is 30.7 Å². The molecule has 1 aromatic heterocycles. The van der Waals surface area contributed by atoms with Crippen molar-refractivity contribution < 1.29 is 18.7 Å². The Kier molecular flexibility index (Phi) is 6.31. The van der Waals surface area contributed by atoms with Crippen LogP contribution in [0.5, 0.6) is 0 Å². The van der Waals surface area contributed by atoms with Crippen molar-refractivity contribution >= 4 is 11.8 Å². The highest BCUT2D eigenvalue weighted by atomic mass is 16.5. The van der Waals surface area contributed by atoms with Gasteiger partial charge in [0.05, 0.1) is 12.1 Å². The fourth-order valence-electron chi connectivity index (χ4n) is 3.49. The first-order valence-corrected chi connectivity index (χ1v) is 9.81. The molecule has 0 spiro atoms. The maximum absolute atomic E-state index is 12.5. The molecule has 2 fully saturated rings. The van der Waals surface area contributed by atoms with Crippen LogP contribution in [0.4, 0.5) is 0 Å². The molecule has 0 aliphatic heterocycles. The summed E-state index contributed by atoms with van der Waals surface area (Å²) >= 11 is 0. The van der Waals surface area contributed by atoms with Crippen LogP contribution in [0.2, 0.25) is 0 Å². The quantitative estimate of drug-likeness (QED) is 0.758. The summed E-state index contributed by atoms with van der Waals surface area (Å²) in [6.07, 6.45) is 4.70. The molecule has 3 rings (SSSR count). The summed E-state index contributed by atoms with van der Waals surface area (Å²) in [4.78, 5) is 36.5. The summed E-state index contributed by atoms with van der Waals surface area (Å²) in [6.45, 7) is 4.23. The molecular weight excluding hydrogens is 348 g/mol. The van der Waals surface area contributed by atoms with Gasteiger partial charge >= 0.3 is 0 Å². The molecule has 0 unspecified atom stereocenters. The van der Waals surface area contributed by atoms with Crippen molar-refractivity contribution in [3.63, 3.8) is 0 Å². The zero-order chi connectivity index (χ0) is 19.4. The Hall–Kier alpha value is -2.15. The van der Waals surface area contributed by atoms with Crippen LogP contribution in [0.25, 0.3) is 0 Å². The van der Waals surface area contributed by atoms with E-state index in [0.29, 0.717) is 37.7 Å². The third kappa shape index (κ3) is 5.42. The summed E-state index contributed by atoms with van der Waals surface area (Å²) in [5.41, 5.74) is -0.261. The standard InChI is InChI=1S/C20H28N2O5/c1-3-8-26-17-10-13(19(24)21-14-5-6-14)4-7-16(17)22-20(25)18-11-15(23)9-12(2)27-18/h9,11,13-14,16-17H,3-8,10H2,1-2H3,(H,21,24)(H,22,25)/t13-,16-,17-/m0/s1. The molecule has 1 heterocycles. The van der Waals surface area contributed by atoms with Gasteiger partial charge in [0.2, 0.25) is 5.91 Å². The van der Waals surface area contributed by atoms with Crippen molar-refractivity contribution in [1.29, 1.82) is 0 Å². The topological polar surface area (TPSA) is 97.6 Å². The average Bonchev–Trinajstić information content (AvgIpc) is 3.43. The number of carbonyl (C=O) groups excluding carboxylic acids is 2. The molecule has 3 atom stereocenters. The molecule has 7 heteroatoms. The van der Waals surface area contributed by atoms with Gasteiger partial charge < -0.3 is 19.8 Å². The van der Waals surface area contributed by atoms with Gasteiger partial charge in [0.1, 0.15) is 5.76 Å². The van der Waals surface area contributed by atoms with Crippen LogP contribution in [0.1, 0.15) is 61.8 Å². The summed E-state index contributed by atoms with van der Waals surface area (Å²) in [5, 5.41) is 6.00. The fourth-order valence-corrected chi connectivity index (χ4v) is 3.49. The summed E-state index contributed by atoms with van der Waals surface area (Å²) < 4.78 is 11.3. The lowest BCUT2D eigenvalue weighted by Gasteiger charge is -2.35. The highest BCUT2D eigenvalue weighted by molar-refractivity contribution is 5.91. The molecule has 0 bridgehead atoms. The number of rotatable bonds is 7. The van der Waals surface area contributed by atoms with Crippen LogP contribution in [-0.4, -0.2) is 36.6 Å². The van der Waals surface area contributed by atoms with Crippen LogP contribution in [0.15, 0.2) is 21.3 Å². The van der Waals surface area contributed by atoms with Crippen molar-refractivity contribution in [2.24, 2.45) is 5.92 Å². The minimum absolute atomic E-state index is 0.00263. The maximum atomic E-state index is 12.5. The first-order valence-electron chi connectivity index (χ1n) is 9.81. The number of nitrogens with one attached hydrogen (secondary N) is 2. The van der Waals surface area contributed by atoms with Crippen molar-refractivity contribution in [2.45, 2.75) is 70.6 Å². The highest BCUT2D eigenvalue weighted by Crippen LogP contribution is 2.29. The van der Waals surface area contributed by atoms with Crippen LogP contribution in [-0.2, 0) is 9.53 Å². The fraction of sp³-hybridized carbons (Fsp3) is 0.650. The molecule has 0 saturated heterocycles. The van der Waals surface area contributed by atoms with Crippen LogP contribution >= 0.6 is 0 Å². The van der Waals surface area contributed by atoms with E-state index in [4.69, 9.17) is 9.15 Å². The van der Waals surface area contributed by atoms with Gasteiger partial charge in [-0.1, -0.05) is 6.92 Å². The van der Waals surface area contributed by atoms with E-state index in [9.17, 15) is 14.4 Å². The second-order valence-electron chi connectivity index (χ2n) is 7.55. The highest BCUT2D eigenvalue weighted by Gasteiger charge is 2.37. The normalized spacial score (nSPS) is 25.0. The van der Waals surface area contributed by atoms with E-state index in [2.05, 4.69) is 10.6 Å². The predicted octanol–water partition coefficient (Wildman–Crippen LogP) is 1.92. The van der Waals surface area contributed by atoms with E-state index < -0.39 is 5.91 Å². The Balaban J connectivity index is 1.64. The molecule has 2 saturated carbocycles. The number of ether oxygens (including phenoxy) is 1. The van der Waals surface area contributed by atoms with Gasteiger partial charge in [-0.3, -0.25) is 14.4 Å². The average molecular weight is 376 g/mol. The third-order valence-electron chi connectivity index (χ3n) is 5.05. The van der Waals surface area contributed by atoms with Gasteiger partial charge in [-0.05, 0) is 45.4 Å². The monoisotopic (exact) mass is 376 g/mol. The van der Waals surface area contributed by atoms with Gasteiger partial charge in [-0.2, -0.15) is 0 Å². The lowest BCUT2D eigenvalue weighted by Crippen LogP contribution is -2.50. The molecule has 2 N–H and O–H groups in total. The molecule has 2 amide bonds. The molecule has 27 heavy (non-hydrogen) atoms.